The number of amides is 4. The standard InChI is InChI=1S/C15H17N3O4/c1-17-13(19)12(14(20)18(2)15(17)21)9-16-8-10-4-6-11(22-3)7-5-10/h4-7,9,12H,8H2,1-3H3. The van der Waals surface area contributed by atoms with Crippen molar-refractivity contribution in [3.63, 3.8) is 0 Å². The molecule has 22 heavy (non-hydrogen) atoms. The van der Waals surface area contributed by atoms with Crippen molar-refractivity contribution < 1.29 is 19.1 Å². The van der Waals surface area contributed by atoms with Gasteiger partial charge in [0.2, 0.25) is 11.8 Å². The van der Waals surface area contributed by atoms with E-state index in [1.165, 1.54) is 20.3 Å². The zero-order chi connectivity index (χ0) is 16.3. The molecule has 1 aromatic carbocycles. The topological polar surface area (TPSA) is 79.3 Å². The third-order valence-electron chi connectivity index (χ3n) is 3.45. The first kappa shape index (κ1) is 15.7. The summed E-state index contributed by atoms with van der Waals surface area (Å²) in [6.07, 6.45) is 1.30. The van der Waals surface area contributed by atoms with E-state index in [9.17, 15) is 14.4 Å². The molecule has 7 nitrogen and oxygen atoms in total. The van der Waals surface area contributed by atoms with Crippen molar-refractivity contribution in [3.8, 4) is 5.75 Å². The van der Waals surface area contributed by atoms with Crippen LogP contribution in [0.5, 0.6) is 5.75 Å². The molecule has 1 aliphatic rings. The van der Waals surface area contributed by atoms with Crippen molar-refractivity contribution in [1.29, 1.82) is 0 Å². The van der Waals surface area contributed by atoms with Gasteiger partial charge in [-0.1, -0.05) is 12.1 Å². The maximum Gasteiger partial charge on any atom is 0.332 e. The van der Waals surface area contributed by atoms with Gasteiger partial charge in [-0.3, -0.25) is 24.4 Å². The minimum atomic E-state index is -1.05. The first-order chi connectivity index (χ1) is 10.5. The monoisotopic (exact) mass is 303 g/mol. The van der Waals surface area contributed by atoms with Gasteiger partial charge in [0, 0.05) is 20.3 Å². The summed E-state index contributed by atoms with van der Waals surface area (Å²) in [5, 5.41) is 0. The lowest BCUT2D eigenvalue weighted by atomic mass is 10.1. The molecule has 0 bridgehead atoms. The van der Waals surface area contributed by atoms with E-state index in [2.05, 4.69) is 4.99 Å². The molecular formula is C15H17N3O4. The molecule has 2 rings (SSSR count). The second-order valence-electron chi connectivity index (χ2n) is 4.89. The van der Waals surface area contributed by atoms with Crippen LogP contribution in [0.4, 0.5) is 4.79 Å². The maximum atomic E-state index is 12.0. The summed E-state index contributed by atoms with van der Waals surface area (Å²) in [6, 6.07) is 6.68. The molecule has 0 radical (unpaired) electrons. The summed E-state index contributed by atoms with van der Waals surface area (Å²) < 4.78 is 5.06. The van der Waals surface area contributed by atoms with E-state index in [-0.39, 0.29) is 0 Å². The molecule has 0 unspecified atom stereocenters. The molecule has 0 aliphatic carbocycles. The van der Waals surface area contributed by atoms with E-state index >= 15 is 0 Å². The number of nitrogens with zero attached hydrogens (tertiary/aromatic N) is 3. The number of rotatable bonds is 4. The molecule has 1 aliphatic heterocycles. The molecule has 0 aromatic heterocycles. The van der Waals surface area contributed by atoms with Crippen molar-refractivity contribution in [2.24, 2.45) is 10.9 Å². The maximum absolute atomic E-state index is 12.0. The second kappa shape index (κ2) is 6.38. The van der Waals surface area contributed by atoms with E-state index in [4.69, 9.17) is 4.74 Å². The van der Waals surface area contributed by atoms with Crippen LogP contribution in [-0.4, -0.2) is 55.1 Å². The molecule has 7 heteroatoms. The molecule has 0 saturated carbocycles. The molecule has 0 atom stereocenters. The number of carbonyl (C=O) groups is 3. The van der Waals surface area contributed by atoms with Gasteiger partial charge in [0.15, 0.2) is 5.92 Å². The lowest BCUT2D eigenvalue weighted by Crippen LogP contribution is -2.57. The molecule has 1 saturated heterocycles. The zero-order valence-corrected chi connectivity index (χ0v) is 12.6. The number of benzene rings is 1. The Morgan fingerprint density at radius 2 is 1.64 bits per heavy atom. The molecule has 0 N–H and O–H groups in total. The fraction of sp³-hybridized carbons (Fsp3) is 0.333. The van der Waals surface area contributed by atoms with E-state index in [1.54, 1.807) is 7.11 Å². The third kappa shape index (κ3) is 2.98. The van der Waals surface area contributed by atoms with Crippen LogP contribution in [0.3, 0.4) is 0 Å². The lowest BCUT2D eigenvalue weighted by Gasteiger charge is -2.31. The largest absolute Gasteiger partial charge is 0.497 e. The summed E-state index contributed by atoms with van der Waals surface area (Å²) >= 11 is 0. The fourth-order valence-corrected chi connectivity index (χ4v) is 2.06. The van der Waals surface area contributed by atoms with Crippen LogP contribution in [0.25, 0.3) is 0 Å². The third-order valence-corrected chi connectivity index (χ3v) is 3.45. The number of hydrogen-bond acceptors (Lipinski definition) is 5. The summed E-state index contributed by atoms with van der Waals surface area (Å²) in [5.74, 6) is -1.43. The van der Waals surface area contributed by atoms with E-state index < -0.39 is 23.8 Å². The van der Waals surface area contributed by atoms with Gasteiger partial charge in [-0.25, -0.2) is 4.79 Å². The van der Waals surface area contributed by atoms with Crippen molar-refractivity contribution in [2.75, 3.05) is 21.2 Å². The van der Waals surface area contributed by atoms with Crippen LogP contribution in [0, 0.1) is 5.92 Å². The predicted molar refractivity (Wildman–Crippen MR) is 79.6 cm³/mol. The highest BCUT2D eigenvalue weighted by Crippen LogP contribution is 2.15. The van der Waals surface area contributed by atoms with E-state index in [0.717, 1.165) is 21.1 Å². The zero-order valence-electron chi connectivity index (χ0n) is 12.6. The Morgan fingerprint density at radius 1 is 1.09 bits per heavy atom. The number of urea groups is 1. The molecule has 1 aromatic rings. The van der Waals surface area contributed by atoms with E-state index in [1.807, 2.05) is 24.3 Å². The average Bonchev–Trinajstić information content (AvgIpc) is 2.55. The average molecular weight is 303 g/mol. The quantitative estimate of drug-likeness (QED) is 0.612. The molecule has 0 spiro atoms. The van der Waals surface area contributed by atoms with Crippen LogP contribution in [0.1, 0.15) is 5.56 Å². The SMILES string of the molecule is COc1ccc(CN=CC2C(=O)N(C)C(=O)N(C)C2=O)cc1. The highest BCUT2D eigenvalue weighted by molar-refractivity contribution is 6.23. The Morgan fingerprint density at radius 3 is 2.14 bits per heavy atom. The van der Waals surface area contributed by atoms with Crippen LogP contribution in [0.2, 0.25) is 0 Å². The van der Waals surface area contributed by atoms with Crippen LogP contribution in [0.15, 0.2) is 29.3 Å². The molecule has 116 valence electrons. The van der Waals surface area contributed by atoms with Crippen LogP contribution in [-0.2, 0) is 16.1 Å². The van der Waals surface area contributed by atoms with Gasteiger partial charge in [0.1, 0.15) is 5.75 Å². The van der Waals surface area contributed by atoms with Crippen LogP contribution >= 0.6 is 0 Å². The van der Waals surface area contributed by atoms with E-state index in [0.29, 0.717) is 6.54 Å². The minimum Gasteiger partial charge on any atom is -0.497 e. The minimum absolute atomic E-state index is 0.336. The number of aliphatic imine (C=N–C) groups is 1. The number of carbonyl (C=O) groups excluding carboxylic acids is 3. The fourth-order valence-electron chi connectivity index (χ4n) is 2.06. The van der Waals surface area contributed by atoms with Crippen LogP contribution < -0.4 is 4.74 Å². The van der Waals surface area contributed by atoms with Gasteiger partial charge in [0.25, 0.3) is 0 Å². The van der Waals surface area contributed by atoms with Gasteiger partial charge in [0.05, 0.1) is 13.7 Å². The number of ether oxygens (including phenoxy) is 1. The van der Waals surface area contributed by atoms with Crippen molar-refractivity contribution >= 4 is 24.1 Å². The number of barbiturate groups is 1. The summed E-state index contributed by atoms with van der Waals surface area (Å²) in [7, 11) is 4.28. The Hall–Kier alpha value is -2.70. The summed E-state index contributed by atoms with van der Waals surface area (Å²) in [4.78, 5) is 41.5. The summed E-state index contributed by atoms with van der Waals surface area (Å²) in [6.45, 7) is 0.336. The van der Waals surface area contributed by atoms with Gasteiger partial charge < -0.3 is 4.74 Å². The van der Waals surface area contributed by atoms with Gasteiger partial charge in [-0.05, 0) is 17.7 Å². The Bertz CT molecular complexity index is 600. The van der Waals surface area contributed by atoms with Gasteiger partial charge in [-0.2, -0.15) is 0 Å². The lowest BCUT2D eigenvalue weighted by molar-refractivity contribution is -0.144. The first-order valence-electron chi connectivity index (χ1n) is 6.67. The smallest absolute Gasteiger partial charge is 0.332 e. The Balaban J connectivity index is 2.06. The molecule has 4 amide bonds. The van der Waals surface area contributed by atoms with Crippen molar-refractivity contribution in [2.45, 2.75) is 6.54 Å². The highest BCUT2D eigenvalue weighted by atomic mass is 16.5. The first-order valence-corrected chi connectivity index (χ1v) is 6.67. The predicted octanol–water partition coefficient (Wildman–Crippen LogP) is 0.933. The normalized spacial score (nSPS) is 16.8. The second-order valence-corrected chi connectivity index (χ2v) is 4.89. The number of imide groups is 2. The molecular weight excluding hydrogens is 286 g/mol. The Kier molecular flexibility index (Phi) is 4.55. The molecule has 1 fully saturated rings. The van der Waals surface area contributed by atoms with Gasteiger partial charge in [-0.15, -0.1) is 0 Å². The summed E-state index contributed by atoms with van der Waals surface area (Å²) in [5.41, 5.74) is 0.922. The van der Waals surface area contributed by atoms with Crippen molar-refractivity contribution in [3.05, 3.63) is 29.8 Å². The Labute approximate surface area is 128 Å². The van der Waals surface area contributed by atoms with Gasteiger partial charge >= 0.3 is 6.03 Å². The number of methoxy groups -OCH3 is 1. The number of hydrogen-bond donors (Lipinski definition) is 0. The van der Waals surface area contributed by atoms with Crippen molar-refractivity contribution in [1.82, 2.24) is 9.80 Å². The molecule has 1 heterocycles. The highest BCUT2D eigenvalue weighted by Gasteiger charge is 2.41.